The van der Waals surface area contributed by atoms with Crippen LogP contribution in [0.5, 0.6) is 17.2 Å². The highest BCUT2D eigenvalue weighted by atomic mass is 19.1. The fraction of sp³-hybridized carbons (Fsp3) is 0.150. The molecule has 2 aromatic carbocycles. The van der Waals surface area contributed by atoms with E-state index < -0.39 is 5.91 Å². The Hall–Kier alpha value is -3.88. The Kier molecular flexibility index (Phi) is 6.08. The molecule has 3 aromatic rings. The summed E-state index contributed by atoms with van der Waals surface area (Å²) in [4.78, 5) is 12.3. The first-order chi connectivity index (χ1) is 14.0. The molecule has 0 radical (unpaired) electrons. The number of halogens is 1. The summed E-state index contributed by atoms with van der Waals surface area (Å²) >= 11 is 0. The molecule has 0 atom stereocenters. The van der Waals surface area contributed by atoms with Crippen LogP contribution in [0.2, 0.25) is 0 Å². The van der Waals surface area contributed by atoms with Crippen LogP contribution in [0.4, 0.5) is 4.39 Å². The molecule has 2 N–H and O–H groups in total. The number of aromatic nitrogens is 2. The first-order valence-corrected chi connectivity index (χ1v) is 8.50. The van der Waals surface area contributed by atoms with Gasteiger partial charge in [0.15, 0.2) is 11.5 Å². The van der Waals surface area contributed by atoms with Crippen molar-refractivity contribution in [3.63, 3.8) is 0 Å². The molecule has 0 saturated carbocycles. The van der Waals surface area contributed by atoms with Gasteiger partial charge in [-0.3, -0.25) is 9.89 Å². The van der Waals surface area contributed by atoms with Crippen molar-refractivity contribution in [2.75, 3.05) is 21.3 Å². The topological polar surface area (TPSA) is 97.8 Å². The van der Waals surface area contributed by atoms with Gasteiger partial charge in [-0.15, -0.1) is 0 Å². The Morgan fingerprint density at radius 3 is 2.31 bits per heavy atom. The number of methoxy groups -OCH3 is 3. The van der Waals surface area contributed by atoms with Gasteiger partial charge in [0.25, 0.3) is 5.91 Å². The lowest BCUT2D eigenvalue weighted by Gasteiger charge is -2.12. The number of aromatic amines is 1. The van der Waals surface area contributed by atoms with Gasteiger partial charge in [0.1, 0.15) is 11.5 Å². The van der Waals surface area contributed by atoms with E-state index in [-0.39, 0.29) is 11.5 Å². The van der Waals surface area contributed by atoms with E-state index >= 15 is 0 Å². The first kappa shape index (κ1) is 19.9. The second-order valence-corrected chi connectivity index (χ2v) is 5.83. The quantitative estimate of drug-likeness (QED) is 0.471. The van der Waals surface area contributed by atoms with E-state index in [9.17, 15) is 9.18 Å². The van der Waals surface area contributed by atoms with Crippen LogP contribution in [-0.4, -0.2) is 43.6 Å². The molecular formula is C20H19FN4O4. The average molecular weight is 398 g/mol. The summed E-state index contributed by atoms with van der Waals surface area (Å²) in [5.41, 5.74) is 4.46. The van der Waals surface area contributed by atoms with Gasteiger partial charge in [-0.05, 0) is 42.5 Å². The van der Waals surface area contributed by atoms with E-state index in [4.69, 9.17) is 14.2 Å². The highest BCUT2D eigenvalue weighted by molar-refractivity contribution is 5.94. The summed E-state index contributed by atoms with van der Waals surface area (Å²) in [6.07, 6.45) is 1.44. The number of ether oxygens (including phenoxy) is 3. The largest absolute Gasteiger partial charge is 0.493 e. The number of H-pyrrole nitrogens is 1. The zero-order valence-electron chi connectivity index (χ0n) is 16.0. The summed E-state index contributed by atoms with van der Waals surface area (Å²) in [7, 11) is 4.53. The molecule has 1 heterocycles. The minimum absolute atomic E-state index is 0.214. The number of rotatable bonds is 7. The first-order valence-electron chi connectivity index (χ1n) is 8.50. The van der Waals surface area contributed by atoms with Crippen molar-refractivity contribution >= 4 is 12.1 Å². The van der Waals surface area contributed by atoms with Gasteiger partial charge < -0.3 is 14.2 Å². The van der Waals surface area contributed by atoms with Crippen LogP contribution in [0.15, 0.2) is 47.6 Å². The summed E-state index contributed by atoms with van der Waals surface area (Å²) in [5.74, 6) is 0.578. The van der Waals surface area contributed by atoms with Crippen molar-refractivity contribution in [1.29, 1.82) is 0 Å². The number of amides is 1. The molecule has 1 amide bonds. The number of hydrazone groups is 1. The summed E-state index contributed by atoms with van der Waals surface area (Å²) < 4.78 is 28.8. The number of nitrogens with zero attached hydrogens (tertiary/aromatic N) is 2. The molecule has 0 unspecified atom stereocenters. The van der Waals surface area contributed by atoms with Crippen LogP contribution in [-0.2, 0) is 0 Å². The number of hydrogen-bond acceptors (Lipinski definition) is 6. The van der Waals surface area contributed by atoms with Crippen molar-refractivity contribution in [2.24, 2.45) is 5.10 Å². The van der Waals surface area contributed by atoms with Crippen molar-refractivity contribution in [3.05, 3.63) is 59.5 Å². The maximum absolute atomic E-state index is 13.0. The predicted octanol–water partition coefficient (Wildman–Crippen LogP) is 3.01. The average Bonchev–Trinajstić information content (AvgIpc) is 3.23. The number of carbonyl (C=O) groups excluding carboxylic acids is 1. The third-order valence-electron chi connectivity index (χ3n) is 4.03. The molecule has 0 aliphatic heterocycles. The van der Waals surface area contributed by atoms with Crippen LogP contribution in [0, 0.1) is 5.82 Å². The maximum atomic E-state index is 13.0. The van der Waals surface area contributed by atoms with Crippen LogP contribution in [0.1, 0.15) is 16.1 Å². The molecule has 29 heavy (non-hydrogen) atoms. The van der Waals surface area contributed by atoms with E-state index in [1.54, 1.807) is 30.3 Å². The summed E-state index contributed by atoms with van der Waals surface area (Å²) in [6, 6.07) is 10.7. The van der Waals surface area contributed by atoms with Crippen LogP contribution in [0.25, 0.3) is 11.3 Å². The van der Waals surface area contributed by atoms with Gasteiger partial charge >= 0.3 is 0 Å². The Morgan fingerprint density at radius 2 is 1.72 bits per heavy atom. The van der Waals surface area contributed by atoms with Gasteiger partial charge in [0.05, 0.1) is 33.2 Å². The lowest BCUT2D eigenvalue weighted by atomic mass is 10.1. The van der Waals surface area contributed by atoms with Gasteiger partial charge in [0.2, 0.25) is 5.75 Å². The number of benzene rings is 2. The second-order valence-electron chi connectivity index (χ2n) is 5.83. The second kappa shape index (κ2) is 8.87. The van der Waals surface area contributed by atoms with Gasteiger partial charge in [-0.2, -0.15) is 10.2 Å². The summed E-state index contributed by atoms with van der Waals surface area (Å²) in [5, 5.41) is 10.6. The SMILES string of the molecule is COc1cc(C=NNC(=O)c2cc(-c3ccc(F)cc3)n[nH]2)cc(OC)c1OC. The van der Waals surface area contributed by atoms with Gasteiger partial charge in [-0.25, -0.2) is 9.82 Å². The lowest BCUT2D eigenvalue weighted by Crippen LogP contribution is -2.18. The molecule has 0 aliphatic carbocycles. The third-order valence-corrected chi connectivity index (χ3v) is 4.03. The molecular weight excluding hydrogens is 379 g/mol. The minimum Gasteiger partial charge on any atom is -0.493 e. The normalized spacial score (nSPS) is 10.8. The number of hydrogen-bond donors (Lipinski definition) is 2. The van der Waals surface area contributed by atoms with E-state index in [0.717, 1.165) is 0 Å². The molecule has 0 aliphatic rings. The zero-order chi connectivity index (χ0) is 20.8. The molecule has 8 nitrogen and oxygen atoms in total. The Morgan fingerprint density at radius 1 is 1.07 bits per heavy atom. The molecule has 0 fully saturated rings. The molecule has 0 spiro atoms. The molecule has 150 valence electrons. The molecule has 3 rings (SSSR count). The highest BCUT2D eigenvalue weighted by Crippen LogP contribution is 2.37. The maximum Gasteiger partial charge on any atom is 0.289 e. The number of nitrogens with one attached hydrogen (secondary N) is 2. The lowest BCUT2D eigenvalue weighted by molar-refractivity contribution is 0.0950. The molecule has 9 heteroatoms. The third kappa shape index (κ3) is 4.52. The highest BCUT2D eigenvalue weighted by Gasteiger charge is 2.13. The Bertz CT molecular complexity index is 1010. The molecule has 0 saturated heterocycles. The zero-order valence-corrected chi connectivity index (χ0v) is 16.0. The van der Waals surface area contributed by atoms with Crippen molar-refractivity contribution < 1.29 is 23.4 Å². The van der Waals surface area contributed by atoms with Crippen molar-refractivity contribution in [1.82, 2.24) is 15.6 Å². The Balaban J connectivity index is 1.71. The fourth-order valence-corrected chi connectivity index (χ4v) is 2.61. The smallest absolute Gasteiger partial charge is 0.289 e. The molecule has 0 bridgehead atoms. The number of carbonyl (C=O) groups is 1. The van der Waals surface area contributed by atoms with Crippen LogP contribution < -0.4 is 19.6 Å². The van der Waals surface area contributed by atoms with Crippen molar-refractivity contribution in [3.8, 4) is 28.5 Å². The Labute approximate surface area is 166 Å². The van der Waals surface area contributed by atoms with Crippen LogP contribution in [0.3, 0.4) is 0 Å². The van der Waals surface area contributed by atoms with Crippen molar-refractivity contribution in [2.45, 2.75) is 0 Å². The summed E-state index contributed by atoms with van der Waals surface area (Å²) in [6.45, 7) is 0. The standard InChI is InChI=1S/C20H19FN4O4/c1-27-17-8-12(9-18(28-2)19(17)29-3)11-22-25-20(26)16-10-15(23-24-16)13-4-6-14(21)7-5-13/h4-11H,1-3H3,(H,23,24)(H,25,26). The predicted molar refractivity (Wildman–Crippen MR) is 105 cm³/mol. The monoisotopic (exact) mass is 398 g/mol. The van der Waals surface area contributed by atoms with E-state index in [0.29, 0.717) is 34.1 Å². The van der Waals surface area contributed by atoms with Gasteiger partial charge in [-0.1, -0.05) is 0 Å². The van der Waals surface area contributed by atoms with Gasteiger partial charge in [0, 0.05) is 11.1 Å². The van der Waals surface area contributed by atoms with Crippen LogP contribution >= 0.6 is 0 Å². The van der Waals surface area contributed by atoms with E-state index in [1.807, 2.05) is 0 Å². The fourth-order valence-electron chi connectivity index (χ4n) is 2.61. The molecule has 1 aromatic heterocycles. The van der Waals surface area contributed by atoms with E-state index in [1.165, 1.54) is 39.7 Å². The minimum atomic E-state index is -0.477. The van der Waals surface area contributed by atoms with E-state index in [2.05, 4.69) is 20.7 Å².